The zero-order valence-corrected chi connectivity index (χ0v) is 19.1. The summed E-state index contributed by atoms with van der Waals surface area (Å²) < 4.78 is 32.6. The Morgan fingerprint density at radius 1 is 1.07 bits per heavy atom. The summed E-state index contributed by atoms with van der Waals surface area (Å²) in [6.45, 7) is 9.90. The zero-order chi connectivity index (χ0) is 22.5. The minimum Gasteiger partial charge on any atom is -0.495 e. The third-order valence-corrected chi connectivity index (χ3v) is 5.99. The zero-order valence-electron chi connectivity index (χ0n) is 18.3. The molecule has 1 amide bonds. The molecule has 0 saturated heterocycles. The van der Waals surface area contributed by atoms with Crippen LogP contribution in [0.2, 0.25) is 0 Å². The normalized spacial score (nSPS) is 12.4. The van der Waals surface area contributed by atoms with Gasteiger partial charge in [0, 0.05) is 12.1 Å². The molecular weight excluding hydrogens is 400 g/mol. The number of benzene rings is 2. The molecule has 2 aromatic carbocycles. The van der Waals surface area contributed by atoms with Crippen molar-refractivity contribution in [1.29, 1.82) is 0 Å². The van der Waals surface area contributed by atoms with E-state index in [2.05, 4.69) is 30.8 Å². The molecule has 2 N–H and O–H groups in total. The summed E-state index contributed by atoms with van der Waals surface area (Å²) in [5, 5.41) is 2.69. The molecule has 7 heteroatoms. The van der Waals surface area contributed by atoms with E-state index in [1.807, 2.05) is 24.3 Å². The Kier molecular flexibility index (Phi) is 7.44. The van der Waals surface area contributed by atoms with Crippen molar-refractivity contribution in [3.8, 4) is 5.75 Å². The van der Waals surface area contributed by atoms with Gasteiger partial charge in [-0.05, 0) is 54.7 Å². The van der Waals surface area contributed by atoms with Crippen LogP contribution in [0.5, 0.6) is 5.75 Å². The smallest absolute Gasteiger partial charge is 0.248 e. The molecule has 0 unspecified atom stereocenters. The second kappa shape index (κ2) is 9.45. The lowest BCUT2D eigenvalue weighted by molar-refractivity contribution is -0.111. The summed E-state index contributed by atoms with van der Waals surface area (Å²) in [6, 6.07) is 12.1. The van der Waals surface area contributed by atoms with Gasteiger partial charge in [-0.2, -0.15) is 0 Å². The molecule has 0 bridgehead atoms. The first kappa shape index (κ1) is 23.6. The van der Waals surface area contributed by atoms with Crippen LogP contribution in [0.25, 0.3) is 6.08 Å². The molecule has 0 fully saturated rings. The summed E-state index contributed by atoms with van der Waals surface area (Å²) in [5.41, 5.74) is 2.44. The highest BCUT2D eigenvalue weighted by atomic mass is 32.2. The predicted octanol–water partition coefficient (Wildman–Crippen LogP) is 4.33. The van der Waals surface area contributed by atoms with E-state index < -0.39 is 10.0 Å². The van der Waals surface area contributed by atoms with Crippen LogP contribution in [0, 0.1) is 0 Å². The van der Waals surface area contributed by atoms with E-state index in [0.29, 0.717) is 5.75 Å². The molecular formula is C23H30N2O4S. The number of anilines is 1. The minimum absolute atomic E-state index is 0.0500. The summed E-state index contributed by atoms with van der Waals surface area (Å²) in [5.74, 6) is -0.0191. The number of sulfonamides is 1. The molecule has 2 rings (SSSR count). The van der Waals surface area contributed by atoms with E-state index >= 15 is 0 Å². The highest BCUT2D eigenvalue weighted by Crippen LogP contribution is 2.28. The van der Waals surface area contributed by atoms with Crippen LogP contribution < -0.4 is 14.8 Å². The maximum Gasteiger partial charge on any atom is 0.248 e. The molecule has 0 saturated carbocycles. The van der Waals surface area contributed by atoms with Crippen molar-refractivity contribution in [3.63, 3.8) is 0 Å². The molecule has 6 nitrogen and oxygen atoms in total. The molecule has 0 radical (unpaired) electrons. The Labute approximate surface area is 179 Å². The third kappa shape index (κ3) is 6.43. The first-order valence-corrected chi connectivity index (χ1v) is 11.2. The summed E-state index contributed by atoms with van der Waals surface area (Å²) >= 11 is 0. The number of ether oxygens (including phenoxy) is 1. The molecule has 2 aromatic rings. The lowest BCUT2D eigenvalue weighted by atomic mass is 9.87. The van der Waals surface area contributed by atoms with Gasteiger partial charge < -0.3 is 10.1 Å². The Bertz CT molecular complexity index is 1020. The predicted molar refractivity (Wildman–Crippen MR) is 121 cm³/mol. The fourth-order valence-corrected chi connectivity index (χ4v) is 4.05. The van der Waals surface area contributed by atoms with Gasteiger partial charge in [-0.15, -0.1) is 0 Å². The van der Waals surface area contributed by atoms with Crippen LogP contribution in [0.1, 0.15) is 45.7 Å². The highest BCUT2D eigenvalue weighted by Gasteiger charge is 2.18. The lowest BCUT2D eigenvalue weighted by Gasteiger charge is -2.18. The number of carbonyl (C=O) groups is 1. The second-order valence-electron chi connectivity index (χ2n) is 8.33. The minimum atomic E-state index is -3.69. The molecule has 0 aromatic heterocycles. The summed E-state index contributed by atoms with van der Waals surface area (Å²) in [6.07, 6.45) is 3.11. The Morgan fingerprint density at radius 3 is 2.23 bits per heavy atom. The standard InChI is InChI=1S/C23H30N2O4S/c1-16(2)25-30(27,28)19-12-13-21(29-6)20(15-19)24-22(26)14-9-17-7-10-18(11-8-17)23(3,4)5/h7-16,25H,1-6H3,(H,24,26)/b14-9+. The molecule has 0 heterocycles. The average Bonchev–Trinajstić information content (AvgIpc) is 2.65. The van der Waals surface area contributed by atoms with Crippen molar-refractivity contribution < 1.29 is 17.9 Å². The van der Waals surface area contributed by atoms with Crippen molar-refractivity contribution >= 4 is 27.7 Å². The third-order valence-electron chi connectivity index (χ3n) is 4.33. The van der Waals surface area contributed by atoms with Gasteiger partial charge >= 0.3 is 0 Å². The van der Waals surface area contributed by atoms with E-state index in [4.69, 9.17) is 4.74 Å². The van der Waals surface area contributed by atoms with Gasteiger partial charge in [-0.3, -0.25) is 4.79 Å². The first-order valence-electron chi connectivity index (χ1n) is 9.72. The number of carbonyl (C=O) groups excluding carboxylic acids is 1. The Balaban J connectivity index is 2.19. The molecule has 0 aliphatic carbocycles. The van der Waals surface area contributed by atoms with E-state index in [1.165, 1.54) is 36.9 Å². The van der Waals surface area contributed by atoms with Crippen LogP contribution in [0.4, 0.5) is 5.69 Å². The van der Waals surface area contributed by atoms with Crippen molar-refractivity contribution in [2.24, 2.45) is 0 Å². The van der Waals surface area contributed by atoms with Gasteiger partial charge in [0.2, 0.25) is 15.9 Å². The fraction of sp³-hybridized carbons (Fsp3) is 0.348. The lowest BCUT2D eigenvalue weighted by Crippen LogP contribution is -2.30. The molecule has 0 atom stereocenters. The van der Waals surface area contributed by atoms with Gasteiger partial charge in [-0.25, -0.2) is 13.1 Å². The van der Waals surface area contributed by atoms with Gasteiger partial charge in [0.1, 0.15) is 5.75 Å². The number of amides is 1. The Hall–Kier alpha value is -2.64. The van der Waals surface area contributed by atoms with Crippen molar-refractivity contribution in [3.05, 3.63) is 59.7 Å². The number of hydrogen-bond donors (Lipinski definition) is 2. The molecule has 162 valence electrons. The summed E-state index contributed by atoms with van der Waals surface area (Å²) in [7, 11) is -2.23. The number of rotatable bonds is 7. The van der Waals surface area contributed by atoms with Crippen LogP contribution in [0.3, 0.4) is 0 Å². The van der Waals surface area contributed by atoms with Gasteiger partial charge in [0.25, 0.3) is 0 Å². The van der Waals surface area contributed by atoms with E-state index in [0.717, 1.165) is 5.56 Å². The van der Waals surface area contributed by atoms with Crippen molar-refractivity contribution in [2.75, 3.05) is 12.4 Å². The van der Waals surface area contributed by atoms with Gasteiger partial charge in [0.05, 0.1) is 17.7 Å². The SMILES string of the molecule is COc1ccc(S(=O)(=O)NC(C)C)cc1NC(=O)/C=C/c1ccc(C(C)(C)C)cc1. The van der Waals surface area contributed by atoms with Crippen LogP contribution in [0.15, 0.2) is 53.4 Å². The number of methoxy groups -OCH3 is 1. The number of hydrogen-bond acceptors (Lipinski definition) is 4. The molecule has 0 spiro atoms. The fourth-order valence-electron chi connectivity index (χ4n) is 2.77. The van der Waals surface area contributed by atoms with Crippen molar-refractivity contribution in [1.82, 2.24) is 4.72 Å². The number of nitrogens with one attached hydrogen (secondary N) is 2. The topological polar surface area (TPSA) is 84.5 Å². The van der Waals surface area contributed by atoms with Crippen LogP contribution >= 0.6 is 0 Å². The molecule has 30 heavy (non-hydrogen) atoms. The van der Waals surface area contributed by atoms with Crippen LogP contribution in [-0.4, -0.2) is 27.5 Å². The van der Waals surface area contributed by atoms with Gasteiger partial charge in [0.15, 0.2) is 0 Å². The van der Waals surface area contributed by atoms with E-state index in [9.17, 15) is 13.2 Å². The van der Waals surface area contributed by atoms with Crippen LogP contribution in [-0.2, 0) is 20.2 Å². The quantitative estimate of drug-likeness (QED) is 0.640. The molecule has 0 aliphatic heterocycles. The van der Waals surface area contributed by atoms with Gasteiger partial charge in [-0.1, -0.05) is 45.0 Å². The van der Waals surface area contributed by atoms with Crippen molar-refractivity contribution in [2.45, 2.75) is 51.0 Å². The summed E-state index contributed by atoms with van der Waals surface area (Å²) in [4.78, 5) is 12.5. The second-order valence-corrected chi connectivity index (χ2v) is 10.0. The largest absolute Gasteiger partial charge is 0.495 e. The van der Waals surface area contributed by atoms with E-state index in [-0.39, 0.29) is 27.9 Å². The Morgan fingerprint density at radius 2 is 1.70 bits per heavy atom. The highest BCUT2D eigenvalue weighted by molar-refractivity contribution is 7.89. The maximum absolute atomic E-state index is 12.4. The monoisotopic (exact) mass is 430 g/mol. The van der Waals surface area contributed by atoms with E-state index in [1.54, 1.807) is 19.9 Å². The molecule has 0 aliphatic rings. The first-order chi connectivity index (χ1) is 13.9. The maximum atomic E-state index is 12.4. The average molecular weight is 431 g/mol.